The van der Waals surface area contributed by atoms with E-state index in [1.54, 1.807) is 19.1 Å². The number of nitrogens with zero attached hydrogens (tertiary/aromatic N) is 1. The Bertz CT molecular complexity index is 1110. The number of carbonyl (C=O) groups excluding carboxylic acids is 3. The second-order valence-corrected chi connectivity index (χ2v) is 8.76. The minimum Gasteiger partial charge on any atom is -0.395 e. The number of carbonyl (C=O) groups is 3. The first-order valence-electron chi connectivity index (χ1n) is 10.3. The number of aliphatic hydroxyl groups is 1. The van der Waals surface area contributed by atoms with Crippen LogP contribution in [0.4, 0.5) is 5.69 Å². The van der Waals surface area contributed by atoms with Gasteiger partial charge in [0.2, 0.25) is 17.7 Å². The van der Waals surface area contributed by atoms with E-state index < -0.39 is 29.3 Å². The molecular weight excluding hydrogens is 418 g/mol. The van der Waals surface area contributed by atoms with Gasteiger partial charge in [-0.1, -0.05) is 48.0 Å². The number of fused-ring (bicyclic) bond motifs is 4. The molecule has 31 heavy (non-hydrogen) atoms. The first kappa shape index (κ1) is 20.2. The first-order valence-corrected chi connectivity index (χ1v) is 10.7. The van der Waals surface area contributed by atoms with Crippen molar-refractivity contribution < 1.29 is 19.5 Å². The van der Waals surface area contributed by atoms with Crippen LogP contribution < -0.4 is 10.6 Å². The molecule has 1 spiro atoms. The van der Waals surface area contributed by atoms with E-state index in [0.29, 0.717) is 28.3 Å². The minimum absolute atomic E-state index is 0.233. The van der Waals surface area contributed by atoms with Gasteiger partial charge in [-0.15, -0.1) is 0 Å². The molecule has 4 atom stereocenters. The van der Waals surface area contributed by atoms with Gasteiger partial charge in [-0.05, 0) is 30.5 Å². The zero-order valence-electron chi connectivity index (χ0n) is 16.9. The molecule has 0 unspecified atom stereocenters. The predicted molar refractivity (Wildman–Crippen MR) is 114 cm³/mol. The molecule has 2 aromatic carbocycles. The number of imide groups is 1. The highest BCUT2D eigenvalue weighted by Gasteiger charge is 2.70. The molecule has 0 aromatic heterocycles. The highest BCUT2D eigenvalue weighted by atomic mass is 35.5. The molecule has 3 N–H and O–H groups in total. The summed E-state index contributed by atoms with van der Waals surface area (Å²) in [5.74, 6) is -2.85. The van der Waals surface area contributed by atoms with E-state index in [2.05, 4.69) is 10.6 Å². The fourth-order valence-electron chi connectivity index (χ4n) is 5.31. The van der Waals surface area contributed by atoms with E-state index in [0.717, 1.165) is 5.56 Å². The van der Waals surface area contributed by atoms with Crippen LogP contribution in [0.15, 0.2) is 42.5 Å². The Hall–Kier alpha value is -2.74. The van der Waals surface area contributed by atoms with Crippen LogP contribution in [0, 0.1) is 18.8 Å². The molecule has 8 heteroatoms. The summed E-state index contributed by atoms with van der Waals surface area (Å²) in [4.78, 5) is 41.3. The lowest BCUT2D eigenvalue weighted by Crippen LogP contribution is -2.53. The third kappa shape index (κ3) is 2.70. The zero-order chi connectivity index (χ0) is 21.9. The van der Waals surface area contributed by atoms with Gasteiger partial charge >= 0.3 is 0 Å². The van der Waals surface area contributed by atoms with Crippen molar-refractivity contribution >= 4 is 35.0 Å². The number of hydrogen-bond acceptors (Lipinski definition) is 5. The number of halogens is 1. The van der Waals surface area contributed by atoms with Crippen molar-refractivity contribution in [3.63, 3.8) is 0 Å². The van der Waals surface area contributed by atoms with Gasteiger partial charge in [-0.2, -0.15) is 0 Å². The summed E-state index contributed by atoms with van der Waals surface area (Å²) in [7, 11) is 0. The second kappa shape index (κ2) is 7.15. The van der Waals surface area contributed by atoms with E-state index in [1.165, 1.54) is 4.90 Å². The highest BCUT2D eigenvalue weighted by Crippen LogP contribution is 2.53. The Morgan fingerprint density at radius 1 is 1.10 bits per heavy atom. The maximum Gasteiger partial charge on any atom is 0.250 e. The topological polar surface area (TPSA) is 98.7 Å². The molecule has 2 aromatic rings. The van der Waals surface area contributed by atoms with Gasteiger partial charge in [-0.25, -0.2) is 0 Å². The van der Waals surface area contributed by atoms with Crippen LogP contribution in [0.3, 0.4) is 0 Å². The van der Waals surface area contributed by atoms with Gasteiger partial charge in [0, 0.05) is 23.2 Å². The van der Waals surface area contributed by atoms with E-state index in [4.69, 9.17) is 11.6 Å². The smallest absolute Gasteiger partial charge is 0.250 e. The van der Waals surface area contributed by atoms with Crippen molar-refractivity contribution in [1.82, 2.24) is 10.2 Å². The van der Waals surface area contributed by atoms with Crippen LogP contribution in [0.1, 0.15) is 16.7 Å². The molecule has 0 saturated carbocycles. The Kier molecular flexibility index (Phi) is 4.66. The highest BCUT2D eigenvalue weighted by molar-refractivity contribution is 6.32. The van der Waals surface area contributed by atoms with Gasteiger partial charge in [0.25, 0.3) is 0 Å². The molecule has 3 heterocycles. The molecule has 7 nitrogen and oxygen atoms in total. The van der Waals surface area contributed by atoms with Crippen molar-refractivity contribution in [3.05, 3.63) is 64.2 Å². The maximum absolute atomic E-state index is 13.5. The third-order valence-corrected chi connectivity index (χ3v) is 7.25. The van der Waals surface area contributed by atoms with E-state index in [1.807, 2.05) is 30.3 Å². The van der Waals surface area contributed by atoms with Crippen molar-refractivity contribution in [2.24, 2.45) is 11.8 Å². The van der Waals surface area contributed by atoms with E-state index in [-0.39, 0.29) is 25.0 Å². The van der Waals surface area contributed by atoms with Crippen LogP contribution in [0.25, 0.3) is 0 Å². The normalized spacial score (nSPS) is 28.9. The molecule has 0 radical (unpaired) electrons. The van der Waals surface area contributed by atoms with Crippen LogP contribution >= 0.6 is 11.6 Å². The van der Waals surface area contributed by atoms with E-state index >= 15 is 0 Å². The number of likely N-dealkylation sites (tertiary alicyclic amines) is 1. The number of anilines is 1. The first-order chi connectivity index (χ1) is 14.9. The van der Waals surface area contributed by atoms with E-state index in [9.17, 15) is 19.5 Å². The largest absolute Gasteiger partial charge is 0.395 e. The molecule has 3 aliphatic rings. The van der Waals surface area contributed by atoms with Crippen LogP contribution in [-0.4, -0.2) is 46.9 Å². The minimum atomic E-state index is -1.41. The fraction of sp³-hybridized carbons (Fsp3) is 0.348. The predicted octanol–water partition coefficient (Wildman–Crippen LogP) is 1.60. The average Bonchev–Trinajstić information content (AvgIpc) is 3.35. The van der Waals surface area contributed by atoms with Crippen molar-refractivity contribution in [2.45, 2.75) is 24.9 Å². The molecule has 2 saturated heterocycles. The van der Waals surface area contributed by atoms with Crippen LogP contribution in [0.2, 0.25) is 5.02 Å². The monoisotopic (exact) mass is 439 g/mol. The Balaban J connectivity index is 1.55. The summed E-state index contributed by atoms with van der Waals surface area (Å²) in [6.45, 7) is 1.67. The number of rotatable bonds is 4. The second-order valence-electron chi connectivity index (χ2n) is 8.36. The van der Waals surface area contributed by atoms with Crippen molar-refractivity contribution in [2.75, 3.05) is 18.5 Å². The van der Waals surface area contributed by atoms with Gasteiger partial charge in [0.1, 0.15) is 5.54 Å². The summed E-state index contributed by atoms with van der Waals surface area (Å²) >= 11 is 6.24. The molecule has 2 fully saturated rings. The standard InChI is InChI=1S/C23H22ClN3O4/c1-12-15(24)8-7-14-19(12)25-22(31)23(14)18-17(16(11-28)26-23)20(29)27(21(18)30)10-9-13-5-3-2-4-6-13/h2-8,16-18,26,28H,9-11H2,1H3,(H,25,31)/t16-,17-,18+,23+/m1/s1. The molecule has 3 amide bonds. The SMILES string of the molecule is Cc1c(Cl)ccc2c1NC(=O)[C@]21N[C@H](CO)[C@H]2C(=O)N(CCc3ccccc3)C(=O)[C@H]21. The van der Waals surface area contributed by atoms with Crippen molar-refractivity contribution in [1.29, 1.82) is 0 Å². The molecule has 3 aliphatic heterocycles. The van der Waals surface area contributed by atoms with Crippen molar-refractivity contribution in [3.8, 4) is 0 Å². The lowest BCUT2D eigenvalue weighted by atomic mass is 9.76. The quantitative estimate of drug-likeness (QED) is 0.628. The summed E-state index contributed by atoms with van der Waals surface area (Å²) in [6, 6.07) is 12.3. The number of benzene rings is 2. The van der Waals surface area contributed by atoms with Gasteiger partial charge in [0.05, 0.1) is 24.1 Å². The number of nitrogens with one attached hydrogen (secondary N) is 2. The number of hydrogen-bond donors (Lipinski definition) is 3. The molecule has 0 aliphatic carbocycles. The number of aliphatic hydroxyl groups excluding tert-OH is 1. The average molecular weight is 440 g/mol. The molecular formula is C23H22ClN3O4. The Morgan fingerprint density at radius 2 is 1.84 bits per heavy atom. The fourth-order valence-corrected chi connectivity index (χ4v) is 5.47. The third-order valence-electron chi connectivity index (χ3n) is 6.84. The van der Waals surface area contributed by atoms with Gasteiger partial charge < -0.3 is 10.4 Å². The zero-order valence-corrected chi connectivity index (χ0v) is 17.6. The maximum atomic E-state index is 13.5. The summed E-state index contributed by atoms with van der Waals surface area (Å²) in [5.41, 5.74) is 1.47. The Labute approximate surface area is 184 Å². The van der Waals surface area contributed by atoms with Gasteiger partial charge in [-0.3, -0.25) is 24.6 Å². The lowest BCUT2D eigenvalue weighted by molar-refractivity contribution is -0.142. The lowest BCUT2D eigenvalue weighted by Gasteiger charge is -2.29. The summed E-state index contributed by atoms with van der Waals surface area (Å²) < 4.78 is 0. The molecule has 0 bridgehead atoms. The molecule has 5 rings (SSSR count). The van der Waals surface area contributed by atoms with Crippen LogP contribution in [0.5, 0.6) is 0 Å². The Morgan fingerprint density at radius 3 is 2.55 bits per heavy atom. The summed E-state index contributed by atoms with van der Waals surface area (Å²) in [6.07, 6.45) is 0.527. The van der Waals surface area contributed by atoms with Gasteiger partial charge in [0.15, 0.2) is 0 Å². The number of amides is 3. The van der Waals surface area contributed by atoms with Crippen LogP contribution in [-0.2, 0) is 26.3 Å². The summed E-state index contributed by atoms with van der Waals surface area (Å²) in [5, 5.41) is 16.5. The molecule has 160 valence electrons.